The monoisotopic (exact) mass is 119 g/mol. The molecule has 1 rings (SSSR count). The van der Waals surface area contributed by atoms with E-state index in [1.54, 1.807) is 6.20 Å². The highest BCUT2D eigenvalue weighted by Crippen LogP contribution is 1.97. The van der Waals surface area contributed by atoms with Crippen LogP contribution in [0.25, 0.3) is 0 Å². The van der Waals surface area contributed by atoms with Gasteiger partial charge in [-0.1, -0.05) is 12.4 Å². The maximum absolute atomic E-state index is 4.00. The third kappa shape index (κ3) is 1.88. The van der Waals surface area contributed by atoms with Gasteiger partial charge in [-0.05, 0) is 18.1 Å². The number of hydrogen-bond acceptors (Lipinski definition) is 1. The largest absolute Gasteiger partial charge is 0.264 e. The first-order chi connectivity index (χ1) is 4.43. The Bertz CT molecular complexity index is 162. The number of rotatable bonds is 2. The van der Waals surface area contributed by atoms with Crippen molar-refractivity contribution < 1.29 is 0 Å². The lowest BCUT2D eigenvalue weighted by molar-refractivity contribution is 1.10. The second-order valence-electron chi connectivity index (χ2n) is 2.11. The molecule has 0 aliphatic heterocycles. The highest BCUT2D eigenvalue weighted by atomic mass is 14.6. The van der Waals surface area contributed by atoms with Gasteiger partial charge in [0.2, 0.25) is 0 Å². The van der Waals surface area contributed by atoms with Crippen molar-refractivity contribution in [2.45, 2.75) is 12.7 Å². The van der Waals surface area contributed by atoms with Crippen LogP contribution in [0.5, 0.6) is 0 Å². The molecule has 0 saturated carbocycles. The van der Waals surface area contributed by atoms with Crippen LogP contribution in [0.15, 0.2) is 24.5 Å². The van der Waals surface area contributed by atoms with Crippen LogP contribution in [-0.2, 0) is 6.42 Å². The molecular weight excluding hydrogens is 109 g/mol. The fraction of sp³-hybridized carbons (Fsp3) is 0.286. The van der Waals surface area contributed by atoms with Crippen LogP contribution in [-0.4, -0.2) is 12.8 Å². The number of aromatic nitrogens is 1. The van der Waals surface area contributed by atoms with Gasteiger partial charge >= 0.3 is 0 Å². The summed E-state index contributed by atoms with van der Waals surface area (Å²) in [6, 6.07) is 4.08. The van der Waals surface area contributed by atoms with Crippen molar-refractivity contribution in [2.24, 2.45) is 0 Å². The van der Waals surface area contributed by atoms with Crippen molar-refractivity contribution in [3.05, 3.63) is 30.1 Å². The topological polar surface area (TPSA) is 12.9 Å². The Balaban J connectivity index is 2.61. The van der Waals surface area contributed by atoms with Crippen molar-refractivity contribution in [3.8, 4) is 0 Å². The van der Waals surface area contributed by atoms with E-state index in [9.17, 15) is 0 Å². The van der Waals surface area contributed by atoms with Crippen LogP contribution in [0.4, 0.5) is 0 Å². The van der Waals surface area contributed by atoms with E-state index in [0.717, 1.165) is 6.42 Å². The second kappa shape index (κ2) is 3.28. The Morgan fingerprint density at radius 3 is 3.00 bits per heavy atom. The number of pyridine rings is 1. The first-order valence-corrected chi connectivity index (χ1v) is 3.32. The maximum Gasteiger partial charge on any atom is 0.101 e. The van der Waals surface area contributed by atoms with E-state index in [4.69, 9.17) is 0 Å². The van der Waals surface area contributed by atoms with Gasteiger partial charge in [0.05, 0.1) is 0 Å². The van der Waals surface area contributed by atoms with E-state index < -0.39 is 0 Å². The minimum atomic E-state index is 1.15. The summed E-state index contributed by atoms with van der Waals surface area (Å²) >= 11 is 0. The minimum absolute atomic E-state index is 1.15. The predicted molar refractivity (Wildman–Crippen MR) is 41.3 cm³/mol. The Morgan fingerprint density at radius 2 is 2.44 bits per heavy atom. The van der Waals surface area contributed by atoms with Crippen molar-refractivity contribution >= 4 is 7.85 Å². The van der Waals surface area contributed by atoms with Gasteiger partial charge in [-0.25, -0.2) is 0 Å². The zero-order chi connectivity index (χ0) is 6.53. The molecule has 0 saturated heterocycles. The standard InChI is InChI=1S/C7H10BN/c8-4-3-7-2-1-5-9-6-7/h1-2,5-6H,3-4,8H2. The van der Waals surface area contributed by atoms with E-state index in [2.05, 4.69) is 18.9 Å². The van der Waals surface area contributed by atoms with E-state index in [1.165, 1.54) is 11.9 Å². The van der Waals surface area contributed by atoms with Crippen LogP contribution in [0, 0.1) is 0 Å². The molecule has 1 nitrogen and oxygen atoms in total. The Hall–Kier alpha value is -0.785. The fourth-order valence-corrected chi connectivity index (χ4v) is 0.835. The second-order valence-corrected chi connectivity index (χ2v) is 2.11. The van der Waals surface area contributed by atoms with E-state index in [1.807, 2.05) is 12.3 Å². The van der Waals surface area contributed by atoms with Gasteiger partial charge in [0, 0.05) is 12.4 Å². The van der Waals surface area contributed by atoms with E-state index in [0.29, 0.717) is 0 Å². The third-order valence-electron chi connectivity index (χ3n) is 1.26. The van der Waals surface area contributed by atoms with Crippen LogP contribution in [0.1, 0.15) is 5.56 Å². The van der Waals surface area contributed by atoms with Crippen LogP contribution in [0.2, 0.25) is 6.32 Å². The molecular formula is C7H10BN. The maximum atomic E-state index is 4.00. The molecule has 0 amide bonds. The molecule has 9 heavy (non-hydrogen) atoms. The lowest BCUT2D eigenvalue weighted by Crippen LogP contribution is -1.83. The van der Waals surface area contributed by atoms with Gasteiger partial charge in [0.1, 0.15) is 7.85 Å². The molecule has 0 N–H and O–H groups in total. The lowest BCUT2D eigenvalue weighted by atomic mass is 9.98. The quantitative estimate of drug-likeness (QED) is 0.521. The summed E-state index contributed by atoms with van der Waals surface area (Å²) in [4.78, 5) is 4.00. The Labute approximate surface area is 56.5 Å². The molecule has 0 radical (unpaired) electrons. The highest BCUT2D eigenvalue weighted by molar-refractivity contribution is 6.08. The molecule has 0 bridgehead atoms. The van der Waals surface area contributed by atoms with Crippen molar-refractivity contribution in [1.29, 1.82) is 0 Å². The number of aryl methyl sites for hydroxylation is 1. The van der Waals surface area contributed by atoms with Gasteiger partial charge in [-0.15, -0.1) is 0 Å². The Morgan fingerprint density at radius 1 is 1.56 bits per heavy atom. The van der Waals surface area contributed by atoms with E-state index >= 15 is 0 Å². The van der Waals surface area contributed by atoms with Crippen molar-refractivity contribution in [1.82, 2.24) is 4.98 Å². The fourth-order valence-electron chi connectivity index (χ4n) is 0.835. The molecule has 1 aromatic rings. The molecule has 1 aromatic heterocycles. The van der Waals surface area contributed by atoms with Crippen molar-refractivity contribution in [2.75, 3.05) is 0 Å². The smallest absolute Gasteiger partial charge is 0.101 e. The summed E-state index contributed by atoms with van der Waals surface area (Å²) in [7, 11) is 2.17. The van der Waals surface area contributed by atoms with Crippen LogP contribution >= 0.6 is 0 Å². The first kappa shape index (κ1) is 6.34. The molecule has 2 heteroatoms. The lowest BCUT2D eigenvalue weighted by Gasteiger charge is -1.92. The van der Waals surface area contributed by atoms with Crippen molar-refractivity contribution in [3.63, 3.8) is 0 Å². The molecule has 0 fully saturated rings. The molecule has 0 atom stereocenters. The molecule has 0 aromatic carbocycles. The summed E-state index contributed by atoms with van der Waals surface area (Å²) < 4.78 is 0. The molecule has 0 aliphatic carbocycles. The van der Waals surface area contributed by atoms with Gasteiger partial charge in [-0.2, -0.15) is 0 Å². The van der Waals surface area contributed by atoms with Gasteiger partial charge in [-0.3, -0.25) is 4.98 Å². The summed E-state index contributed by atoms with van der Waals surface area (Å²) in [6.45, 7) is 0. The summed E-state index contributed by atoms with van der Waals surface area (Å²) in [5, 5.41) is 0. The molecule has 1 heterocycles. The molecule has 0 spiro atoms. The summed E-state index contributed by atoms with van der Waals surface area (Å²) in [5.41, 5.74) is 1.33. The van der Waals surface area contributed by atoms with Gasteiger partial charge in [0.15, 0.2) is 0 Å². The average molecular weight is 119 g/mol. The predicted octanol–water partition coefficient (Wildman–Crippen LogP) is 0.675. The van der Waals surface area contributed by atoms with Gasteiger partial charge < -0.3 is 0 Å². The number of nitrogens with zero attached hydrogens (tertiary/aromatic N) is 1. The first-order valence-electron chi connectivity index (χ1n) is 3.32. The normalized spacial score (nSPS) is 9.33. The zero-order valence-corrected chi connectivity index (χ0v) is 5.67. The molecule has 0 aliphatic rings. The number of hydrogen-bond donors (Lipinski definition) is 0. The minimum Gasteiger partial charge on any atom is -0.264 e. The third-order valence-corrected chi connectivity index (χ3v) is 1.26. The van der Waals surface area contributed by atoms with Crippen LogP contribution in [0.3, 0.4) is 0 Å². The average Bonchev–Trinajstić information content (AvgIpc) is 1.91. The molecule has 0 unspecified atom stereocenters. The molecule has 46 valence electrons. The SMILES string of the molecule is BCCc1cccnc1. The summed E-state index contributed by atoms with van der Waals surface area (Å²) in [5.74, 6) is 0. The Kier molecular flexibility index (Phi) is 2.31. The van der Waals surface area contributed by atoms with Crippen LogP contribution < -0.4 is 0 Å². The highest BCUT2D eigenvalue weighted by Gasteiger charge is 1.85. The van der Waals surface area contributed by atoms with E-state index in [-0.39, 0.29) is 0 Å². The van der Waals surface area contributed by atoms with Gasteiger partial charge in [0.25, 0.3) is 0 Å². The summed E-state index contributed by atoms with van der Waals surface area (Å²) in [6.07, 6.45) is 6.07. The zero-order valence-electron chi connectivity index (χ0n) is 5.67.